The second kappa shape index (κ2) is 14.0. The van der Waals surface area contributed by atoms with Crippen molar-refractivity contribution < 1.29 is 9.47 Å². The van der Waals surface area contributed by atoms with E-state index in [9.17, 15) is 0 Å². The molecule has 0 aromatic rings. The van der Waals surface area contributed by atoms with Crippen molar-refractivity contribution in [2.75, 3.05) is 72.7 Å². The Labute approximate surface area is 177 Å². The molecule has 0 radical (unpaired) electrons. The van der Waals surface area contributed by atoms with Crippen LogP contribution in [0.5, 0.6) is 0 Å². The predicted molar refractivity (Wildman–Crippen MR) is 119 cm³/mol. The maximum absolute atomic E-state index is 5.70. The number of likely N-dealkylation sites (tertiary alicyclic amines) is 2. The standard InChI is InChI=1S/C19H38N4O2.HI/c1-4-20-19(21-8-11-22-9-5-6-17(2)14-22)23-10-7-18(15-23)16-25-13-12-24-3;/h17-18H,4-16H2,1-3H3,(H,20,21);1H. The Morgan fingerprint density at radius 1 is 1.19 bits per heavy atom. The van der Waals surface area contributed by atoms with Crippen LogP contribution >= 0.6 is 24.0 Å². The molecule has 0 aromatic heterocycles. The van der Waals surface area contributed by atoms with Crippen molar-refractivity contribution in [1.29, 1.82) is 0 Å². The molecule has 0 amide bonds. The molecule has 2 heterocycles. The summed E-state index contributed by atoms with van der Waals surface area (Å²) < 4.78 is 10.7. The SMILES string of the molecule is CCNC(=NCCN1CCCC(C)C1)N1CCC(COCCOC)C1.I. The van der Waals surface area contributed by atoms with E-state index in [1.807, 2.05) is 0 Å². The predicted octanol–water partition coefficient (Wildman–Crippen LogP) is 2.29. The zero-order valence-electron chi connectivity index (χ0n) is 16.9. The van der Waals surface area contributed by atoms with Crippen LogP contribution in [0.15, 0.2) is 4.99 Å². The van der Waals surface area contributed by atoms with Gasteiger partial charge in [0, 0.05) is 45.8 Å². The smallest absolute Gasteiger partial charge is 0.193 e. The summed E-state index contributed by atoms with van der Waals surface area (Å²) in [6, 6.07) is 0. The molecule has 26 heavy (non-hydrogen) atoms. The summed E-state index contributed by atoms with van der Waals surface area (Å²) in [5, 5.41) is 3.46. The van der Waals surface area contributed by atoms with Crippen LogP contribution < -0.4 is 5.32 Å². The summed E-state index contributed by atoms with van der Waals surface area (Å²) in [6.45, 7) is 14.2. The van der Waals surface area contributed by atoms with Crippen molar-refractivity contribution in [3.8, 4) is 0 Å². The van der Waals surface area contributed by atoms with Gasteiger partial charge in [0.2, 0.25) is 0 Å². The zero-order valence-corrected chi connectivity index (χ0v) is 19.2. The van der Waals surface area contributed by atoms with E-state index in [2.05, 4.69) is 29.0 Å². The third-order valence-corrected chi connectivity index (χ3v) is 5.12. The molecule has 2 fully saturated rings. The molecule has 2 aliphatic rings. The first-order chi connectivity index (χ1) is 12.2. The third kappa shape index (κ3) is 8.71. The first-order valence-electron chi connectivity index (χ1n) is 10.0. The van der Waals surface area contributed by atoms with Gasteiger partial charge in [-0.05, 0) is 38.6 Å². The van der Waals surface area contributed by atoms with Gasteiger partial charge < -0.3 is 24.6 Å². The number of nitrogens with one attached hydrogen (secondary N) is 1. The van der Waals surface area contributed by atoms with Gasteiger partial charge in [-0.25, -0.2) is 0 Å². The number of halogens is 1. The minimum atomic E-state index is 0. The molecule has 2 aliphatic heterocycles. The average Bonchev–Trinajstić information content (AvgIpc) is 3.07. The van der Waals surface area contributed by atoms with Crippen molar-refractivity contribution in [2.45, 2.75) is 33.1 Å². The van der Waals surface area contributed by atoms with Crippen LogP contribution in [0.4, 0.5) is 0 Å². The van der Waals surface area contributed by atoms with Crippen LogP contribution in [0.3, 0.4) is 0 Å². The van der Waals surface area contributed by atoms with E-state index in [0.29, 0.717) is 19.1 Å². The van der Waals surface area contributed by atoms with Crippen LogP contribution in [-0.4, -0.2) is 88.5 Å². The molecule has 2 atom stereocenters. The van der Waals surface area contributed by atoms with Crippen LogP contribution in [0, 0.1) is 11.8 Å². The Kier molecular flexibility index (Phi) is 12.8. The van der Waals surface area contributed by atoms with Gasteiger partial charge >= 0.3 is 0 Å². The van der Waals surface area contributed by atoms with Gasteiger partial charge in [-0.15, -0.1) is 24.0 Å². The van der Waals surface area contributed by atoms with E-state index in [0.717, 1.165) is 51.2 Å². The zero-order chi connectivity index (χ0) is 17.9. The molecular formula is C19H39IN4O2. The van der Waals surface area contributed by atoms with Gasteiger partial charge in [0.15, 0.2) is 5.96 Å². The largest absolute Gasteiger partial charge is 0.382 e. The normalized spacial score (nSPS) is 24.6. The summed E-state index contributed by atoms with van der Waals surface area (Å²) in [5.74, 6) is 2.51. The molecule has 0 bridgehead atoms. The maximum Gasteiger partial charge on any atom is 0.193 e. The van der Waals surface area contributed by atoms with E-state index in [1.54, 1.807) is 7.11 Å². The Bertz CT molecular complexity index is 398. The lowest BCUT2D eigenvalue weighted by atomic mass is 10.0. The summed E-state index contributed by atoms with van der Waals surface area (Å²) in [5.41, 5.74) is 0. The number of piperidine rings is 1. The van der Waals surface area contributed by atoms with Crippen LogP contribution in [0.1, 0.15) is 33.1 Å². The first kappa shape index (κ1) is 23.9. The van der Waals surface area contributed by atoms with Gasteiger partial charge in [0.05, 0.1) is 26.4 Å². The highest BCUT2D eigenvalue weighted by Gasteiger charge is 2.25. The molecule has 0 saturated carbocycles. The molecule has 2 unspecified atom stereocenters. The number of rotatable bonds is 9. The second-order valence-electron chi connectivity index (χ2n) is 7.45. The topological polar surface area (TPSA) is 49.3 Å². The van der Waals surface area contributed by atoms with Gasteiger partial charge in [0.1, 0.15) is 0 Å². The quantitative estimate of drug-likeness (QED) is 0.237. The lowest BCUT2D eigenvalue weighted by Crippen LogP contribution is -2.41. The fourth-order valence-corrected chi connectivity index (χ4v) is 3.77. The number of methoxy groups -OCH3 is 1. The van der Waals surface area contributed by atoms with E-state index in [1.165, 1.54) is 32.4 Å². The Morgan fingerprint density at radius 3 is 2.77 bits per heavy atom. The monoisotopic (exact) mass is 482 g/mol. The second-order valence-corrected chi connectivity index (χ2v) is 7.45. The fraction of sp³-hybridized carbons (Fsp3) is 0.947. The minimum Gasteiger partial charge on any atom is -0.382 e. The van der Waals surface area contributed by atoms with Crippen molar-refractivity contribution in [1.82, 2.24) is 15.1 Å². The first-order valence-corrected chi connectivity index (χ1v) is 10.0. The maximum atomic E-state index is 5.70. The molecule has 0 aromatic carbocycles. The summed E-state index contributed by atoms with van der Waals surface area (Å²) >= 11 is 0. The van der Waals surface area contributed by atoms with E-state index in [4.69, 9.17) is 14.5 Å². The van der Waals surface area contributed by atoms with Crippen molar-refractivity contribution >= 4 is 29.9 Å². The Hall–Kier alpha value is -0.120. The van der Waals surface area contributed by atoms with E-state index in [-0.39, 0.29) is 24.0 Å². The highest BCUT2D eigenvalue weighted by atomic mass is 127. The third-order valence-electron chi connectivity index (χ3n) is 5.12. The summed E-state index contributed by atoms with van der Waals surface area (Å²) in [7, 11) is 1.71. The van der Waals surface area contributed by atoms with Gasteiger partial charge in [0.25, 0.3) is 0 Å². The van der Waals surface area contributed by atoms with Gasteiger partial charge in [-0.2, -0.15) is 0 Å². The molecule has 0 spiro atoms. The summed E-state index contributed by atoms with van der Waals surface area (Å²) in [6.07, 6.45) is 3.90. The fourth-order valence-electron chi connectivity index (χ4n) is 3.77. The van der Waals surface area contributed by atoms with Crippen molar-refractivity contribution in [2.24, 2.45) is 16.8 Å². The van der Waals surface area contributed by atoms with Gasteiger partial charge in [-0.3, -0.25) is 4.99 Å². The number of hydrogen-bond donors (Lipinski definition) is 1. The molecule has 6 nitrogen and oxygen atoms in total. The van der Waals surface area contributed by atoms with Crippen molar-refractivity contribution in [3.05, 3.63) is 0 Å². The van der Waals surface area contributed by atoms with Gasteiger partial charge in [-0.1, -0.05) is 6.92 Å². The number of guanidine groups is 1. The molecule has 7 heteroatoms. The summed E-state index contributed by atoms with van der Waals surface area (Å²) in [4.78, 5) is 9.85. The number of aliphatic imine (C=N–C) groups is 1. The molecule has 2 saturated heterocycles. The molecule has 0 aliphatic carbocycles. The molecule has 154 valence electrons. The van der Waals surface area contributed by atoms with Crippen molar-refractivity contribution in [3.63, 3.8) is 0 Å². The van der Waals surface area contributed by atoms with Crippen LogP contribution in [-0.2, 0) is 9.47 Å². The Morgan fingerprint density at radius 2 is 2.04 bits per heavy atom. The number of ether oxygens (including phenoxy) is 2. The van der Waals surface area contributed by atoms with E-state index >= 15 is 0 Å². The minimum absolute atomic E-state index is 0. The number of hydrogen-bond acceptors (Lipinski definition) is 4. The van der Waals surface area contributed by atoms with Crippen LogP contribution in [0.2, 0.25) is 0 Å². The Balaban J connectivity index is 0.00000338. The lowest BCUT2D eigenvalue weighted by Gasteiger charge is -2.30. The number of nitrogens with zero attached hydrogens (tertiary/aromatic N) is 3. The highest BCUT2D eigenvalue weighted by molar-refractivity contribution is 14.0. The molecule has 1 N–H and O–H groups in total. The molecular weight excluding hydrogens is 443 g/mol. The average molecular weight is 482 g/mol. The lowest BCUT2D eigenvalue weighted by molar-refractivity contribution is 0.0536. The highest BCUT2D eigenvalue weighted by Crippen LogP contribution is 2.17. The molecule has 2 rings (SSSR count). The van der Waals surface area contributed by atoms with Crippen LogP contribution in [0.25, 0.3) is 0 Å². The van der Waals surface area contributed by atoms with E-state index < -0.39 is 0 Å².